The minimum Gasteiger partial charge on any atom is -0.322 e. The van der Waals surface area contributed by atoms with Crippen LogP contribution in [-0.2, 0) is 22.6 Å². The molecule has 2 N–H and O–H groups in total. The second-order valence-electron chi connectivity index (χ2n) is 7.80. The molecule has 4 rings (SSSR count). The van der Waals surface area contributed by atoms with Crippen molar-refractivity contribution >= 4 is 45.1 Å². The third-order valence-electron chi connectivity index (χ3n) is 5.35. The van der Waals surface area contributed by atoms with Gasteiger partial charge in [-0.25, -0.2) is 9.18 Å². The molecule has 0 spiro atoms. The smallest absolute Gasteiger partial charge is 0.322 e. The second kappa shape index (κ2) is 10.9. The Morgan fingerprint density at radius 3 is 2.36 bits per heavy atom. The number of pyridine rings is 1. The van der Waals surface area contributed by atoms with Gasteiger partial charge in [-0.1, -0.05) is 70.3 Å². The SMILES string of the molecule is O=C(Nc1nncs1)N[C@](Cc1ccccc1)(c1cc(F)cc(C(F)(F)F)c1)c1ccc(CI)cn1. The van der Waals surface area contributed by atoms with E-state index in [0.29, 0.717) is 16.1 Å². The Labute approximate surface area is 221 Å². The number of hydrogen-bond donors (Lipinski definition) is 2. The normalized spacial score (nSPS) is 13.1. The van der Waals surface area contributed by atoms with Crippen LogP contribution in [0.15, 0.2) is 72.4 Å². The van der Waals surface area contributed by atoms with Gasteiger partial charge in [0, 0.05) is 17.0 Å². The molecule has 0 bridgehead atoms. The summed E-state index contributed by atoms with van der Waals surface area (Å²) in [6, 6.07) is 13.7. The van der Waals surface area contributed by atoms with E-state index in [2.05, 4.69) is 48.4 Å². The van der Waals surface area contributed by atoms with Crippen LogP contribution in [0.4, 0.5) is 27.5 Å². The first-order valence-electron chi connectivity index (χ1n) is 10.5. The summed E-state index contributed by atoms with van der Waals surface area (Å²) in [5, 5.41) is 12.9. The minimum absolute atomic E-state index is 0.00525. The summed E-state index contributed by atoms with van der Waals surface area (Å²) in [7, 11) is 0. The molecule has 186 valence electrons. The molecule has 6 nitrogen and oxygen atoms in total. The molecule has 12 heteroatoms. The summed E-state index contributed by atoms with van der Waals surface area (Å²) < 4.78 is 56.3. The molecule has 0 aliphatic heterocycles. The highest BCUT2D eigenvalue weighted by molar-refractivity contribution is 14.1. The third-order valence-corrected chi connectivity index (χ3v) is 6.84. The van der Waals surface area contributed by atoms with Gasteiger partial charge in [0.25, 0.3) is 0 Å². The zero-order valence-corrected chi connectivity index (χ0v) is 21.4. The molecule has 0 radical (unpaired) electrons. The molecule has 0 unspecified atom stereocenters. The van der Waals surface area contributed by atoms with E-state index < -0.39 is 29.1 Å². The number of aromatic nitrogens is 3. The minimum atomic E-state index is -4.80. The summed E-state index contributed by atoms with van der Waals surface area (Å²) in [6.07, 6.45) is -3.23. The molecule has 0 fully saturated rings. The lowest BCUT2D eigenvalue weighted by Gasteiger charge is -2.35. The third kappa shape index (κ3) is 5.98. The first-order chi connectivity index (χ1) is 17.2. The van der Waals surface area contributed by atoms with Crippen molar-refractivity contribution in [1.82, 2.24) is 20.5 Å². The van der Waals surface area contributed by atoms with E-state index in [1.54, 1.807) is 48.7 Å². The number of carbonyl (C=O) groups excluding carboxylic acids is 1. The maximum Gasteiger partial charge on any atom is 0.416 e. The Bertz CT molecular complexity index is 1320. The fraction of sp³-hybridized carbons (Fsp3) is 0.167. The summed E-state index contributed by atoms with van der Waals surface area (Å²) in [5.41, 5.74) is 0.270. The molecular weight excluding hydrogens is 609 g/mol. The number of alkyl halides is 4. The van der Waals surface area contributed by atoms with Gasteiger partial charge in [-0.05, 0) is 41.0 Å². The van der Waals surface area contributed by atoms with Gasteiger partial charge in [-0.2, -0.15) is 13.2 Å². The maximum atomic E-state index is 14.6. The monoisotopic (exact) mass is 627 g/mol. The van der Waals surface area contributed by atoms with E-state index in [4.69, 9.17) is 0 Å². The number of rotatable bonds is 7. The van der Waals surface area contributed by atoms with E-state index in [9.17, 15) is 22.4 Å². The number of carbonyl (C=O) groups is 1. The van der Waals surface area contributed by atoms with Crippen LogP contribution in [0.1, 0.15) is 27.9 Å². The highest BCUT2D eigenvalue weighted by Crippen LogP contribution is 2.38. The average Bonchev–Trinajstić information content (AvgIpc) is 3.36. The lowest BCUT2D eigenvalue weighted by atomic mass is 9.79. The lowest BCUT2D eigenvalue weighted by Crippen LogP contribution is -2.50. The van der Waals surface area contributed by atoms with Crippen LogP contribution >= 0.6 is 33.9 Å². The van der Waals surface area contributed by atoms with E-state index in [0.717, 1.165) is 29.0 Å². The number of nitrogens with one attached hydrogen (secondary N) is 2. The highest BCUT2D eigenvalue weighted by atomic mass is 127. The van der Waals surface area contributed by atoms with Crippen molar-refractivity contribution in [3.8, 4) is 0 Å². The number of hydrogen-bond acceptors (Lipinski definition) is 5. The van der Waals surface area contributed by atoms with E-state index in [1.807, 2.05) is 0 Å². The van der Waals surface area contributed by atoms with Gasteiger partial charge in [0.05, 0.1) is 11.3 Å². The summed E-state index contributed by atoms with van der Waals surface area (Å²) in [4.78, 5) is 17.6. The number of benzene rings is 2. The standard InChI is InChI=1S/C24H18F4IN5OS/c25-19-9-17(8-18(10-19)24(26,27)28)23(11-15-4-2-1-3-5-15,20-7-6-16(12-29)13-30-20)33-21(35)32-22-34-31-14-36-22/h1-10,13-14H,11-12H2,(H2,32,33,34,35)/t23-/m1/s1. The Morgan fingerprint density at radius 2 is 1.75 bits per heavy atom. The van der Waals surface area contributed by atoms with Crippen LogP contribution in [0.5, 0.6) is 0 Å². The van der Waals surface area contributed by atoms with Gasteiger partial charge >= 0.3 is 12.2 Å². The molecule has 0 saturated heterocycles. The van der Waals surface area contributed by atoms with E-state index in [1.165, 1.54) is 5.51 Å². The van der Waals surface area contributed by atoms with Crippen molar-refractivity contribution in [2.45, 2.75) is 22.6 Å². The molecule has 2 heterocycles. The molecule has 2 amide bonds. The molecule has 0 aliphatic carbocycles. The van der Waals surface area contributed by atoms with Crippen molar-refractivity contribution in [2.24, 2.45) is 0 Å². The zero-order chi connectivity index (χ0) is 25.8. The fourth-order valence-electron chi connectivity index (χ4n) is 3.73. The molecule has 1 atom stereocenters. The van der Waals surface area contributed by atoms with Crippen molar-refractivity contribution in [1.29, 1.82) is 0 Å². The van der Waals surface area contributed by atoms with Gasteiger partial charge in [0.15, 0.2) is 0 Å². The Morgan fingerprint density at radius 1 is 1.00 bits per heavy atom. The predicted molar refractivity (Wildman–Crippen MR) is 136 cm³/mol. The Hall–Kier alpha value is -3.13. The van der Waals surface area contributed by atoms with Crippen molar-refractivity contribution in [3.63, 3.8) is 0 Å². The fourth-order valence-corrected chi connectivity index (χ4v) is 4.62. The van der Waals surface area contributed by atoms with Crippen LogP contribution in [-0.4, -0.2) is 21.2 Å². The van der Waals surface area contributed by atoms with Crippen LogP contribution in [0, 0.1) is 5.82 Å². The lowest BCUT2D eigenvalue weighted by molar-refractivity contribution is -0.137. The number of nitrogens with zero attached hydrogens (tertiary/aromatic N) is 3. The van der Waals surface area contributed by atoms with Crippen molar-refractivity contribution in [2.75, 3.05) is 5.32 Å². The summed E-state index contributed by atoms with van der Waals surface area (Å²) in [5.74, 6) is -1.09. The Kier molecular flexibility index (Phi) is 7.83. The molecule has 2 aromatic heterocycles. The molecule has 0 saturated carbocycles. The molecule has 2 aromatic carbocycles. The number of amides is 2. The van der Waals surface area contributed by atoms with Crippen LogP contribution in [0.3, 0.4) is 0 Å². The van der Waals surface area contributed by atoms with E-state index >= 15 is 0 Å². The van der Waals surface area contributed by atoms with Crippen molar-refractivity contribution in [3.05, 3.63) is 106 Å². The maximum absolute atomic E-state index is 14.6. The van der Waals surface area contributed by atoms with Gasteiger partial charge in [0.2, 0.25) is 5.13 Å². The topological polar surface area (TPSA) is 79.8 Å². The Balaban J connectivity index is 1.92. The summed E-state index contributed by atoms with van der Waals surface area (Å²) in [6.45, 7) is 0. The molecule has 0 aliphatic rings. The number of urea groups is 1. The van der Waals surface area contributed by atoms with Crippen LogP contribution in [0.2, 0.25) is 0 Å². The number of anilines is 1. The van der Waals surface area contributed by atoms with Gasteiger partial charge in [-0.15, -0.1) is 10.2 Å². The largest absolute Gasteiger partial charge is 0.416 e. The number of halogens is 5. The summed E-state index contributed by atoms with van der Waals surface area (Å²) >= 11 is 3.23. The second-order valence-corrected chi connectivity index (χ2v) is 9.40. The molecule has 4 aromatic rings. The van der Waals surface area contributed by atoms with E-state index in [-0.39, 0.29) is 22.8 Å². The predicted octanol–water partition coefficient (Wildman–Crippen LogP) is 6.33. The molecule has 36 heavy (non-hydrogen) atoms. The van der Waals surface area contributed by atoms with Crippen LogP contribution in [0.25, 0.3) is 0 Å². The first-order valence-corrected chi connectivity index (χ1v) is 12.9. The zero-order valence-electron chi connectivity index (χ0n) is 18.4. The van der Waals surface area contributed by atoms with Gasteiger partial charge in [0.1, 0.15) is 16.9 Å². The first kappa shape index (κ1) is 25.9. The van der Waals surface area contributed by atoms with Crippen molar-refractivity contribution < 1.29 is 22.4 Å². The molecular formula is C24H18F4IN5OS. The highest BCUT2D eigenvalue weighted by Gasteiger charge is 2.41. The van der Waals surface area contributed by atoms with Crippen LogP contribution < -0.4 is 10.6 Å². The van der Waals surface area contributed by atoms with Gasteiger partial charge < -0.3 is 5.32 Å². The quantitative estimate of drug-likeness (QED) is 0.143. The average molecular weight is 627 g/mol. The van der Waals surface area contributed by atoms with Gasteiger partial charge in [-0.3, -0.25) is 10.3 Å².